The minimum Gasteiger partial charge on any atom is -0.273 e. The fourth-order valence-corrected chi connectivity index (χ4v) is 1.93. The molecule has 0 unspecified atom stereocenters. The van der Waals surface area contributed by atoms with Gasteiger partial charge in [0.05, 0.1) is 0 Å². The van der Waals surface area contributed by atoms with Crippen LogP contribution < -0.4 is 0 Å². The summed E-state index contributed by atoms with van der Waals surface area (Å²) in [4.78, 5) is 0. The van der Waals surface area contributed by atoms with Gasteiger partial charge in [-0.05, 0) is 0 Å². The molecule has 1 aromatic rings. The van der Waals surface area contributed by atoms with E-state index in [4.69, 9.17) is 0 Å². The van der Waals surface area contributed by atoms with Crippen LogP contribution in [-0.2, 0) is 20.0 Å². The van der Waals surface area contributed by atoms with Gasteiger partial charge in [-0.1, -0.05) is 0 Å². The second kappa shape index (κ2) is 15.7. The zero-order valence-corrected chi connectivity index (χ0v) is 15.3. The normalized spacial score (nSPS) is 12.3. The average Bonchev–Trinajstić information content (AvgIpc) is 3.17. The Morgan fingerprint density at radius 3 is 1.71 bits per heavy atom. The van der Waals surface area contributed by atoms with Crippen LogP contribution in [-0.4, -0.2) is 4.31 Å². The number of aryl methyl sites for hydroxylation is 1. The summed E-state index contributed by atoms with van der Waals surface area (Å²) in [7, 11) is 0. The van der Waals surface area contributed by atoms with Gasteiger partial charge in [-0.15, -0.1) is 37.7 Å². The van der Waals surface area contributed by atoms with Gasteiger partial charge in [-0.3, -0.25) is 12.2 Å². The molecule has 110 valence electrons. The predicted octanol–water partition coefficient (Wildman–Crippen LogP) is 5.15. The van der Waals surface area contributed by atoms with Crippen LogP contribution in [0, 0.1) is 19.1 Å². The van der Waals surface area contributed by atoms with Gasteiger partial charge in [0.15, 0.2) is 0 Å². The molecule has 0 nitrogen and oxygen atoms in total. The molecule has 21 heavy (non-hydrogen) atoms. The molecule has 0 aromatic heterocycles. The maximum Gasteiger partial charge on any atom is -0.109 e. The standard InChI is InChI=1S/C8H8.2C5H5.2ClH.Ti/c1-7-5-3-4-6-8(7)2;2*1-2-4-5-3-1;;;/h1,3-6H,2H3;2*1-3H,4H2;2*1H;/q;2*-1;;;+2. The van der Waals surface area contributed by atoms with Crippen molar-refractivity contribution < 1.29 is 20.0 Å². The summed E-state index contributed by atoms with van der Waals surface area (Å²) in [6.07, 6.45) is 20.0. The van der Waals surface area contributed by atoms with E-state index >= 15 is 0 Å². The minimum atomic E-state index is 0. The van der Waals surface area contributed by atoms with Crippen molar-refractivity contribution in [2.45, 2.75) is 19.8 Å². The van der Waals surface area contributed by atoms with E-state index in [1.54, 1.807) is 0 Å². The van der Waals surface area contributed by atoms with E-state index in [9.17, 15) is 0 Å². The first-order valence-electron chi connectivity index (χ1n) is 6.34. The van der Waals surface area contributed by atoms with Crippen molar-refractivity contribution in [1.29, 1.82) is 0 Å². The van der Waals surface area contributed by atoms with Crippen LogP contribution in [0.1, 0.15) is 24.0 Å². The fourth-order valence-electron chi connectivity index (χ4n) is 1.43. The third kappa shape index (κ3) is 11.7. The van der Waals surface area contributed by atoms with E-state index in [1.165, 1.54) is 11.1 Å². The Morgan fingerprint density at radius 1 is 0.952 bits per heavy atom. The van der Waals surface area contributed by atoms with Crippen LogP contribution in [0.2, 0.25) is 0 Å². The Balaban J connectivity index is 0. The number of allylic oxidation sites excluding steroid dienone is 8. The van der Waals surface area contributed by atoms with Crippen LogP contribution in [0.5, 0.6) is 0 Å². The van der Waals surface area contributed by atoms with E-state index in [0.717, 1.165) is 12.8 Å². The zero-order valence-electron chi connectivity index (χ0n) is 12.1. The quantitative estimate of drug-likeness (QED) is 0.483. The Labute approximate surface area is 152 Å². The zero-order chi connectivity index (χ0) is 13.8. The summed E-state index contributed by atoms with van der Waals surface area (Å²) in [6, 6.07) is 8.36. The second-order valence-corrected chi connectivity index (χ2v) is 4.46. The van der Waals surface area contributed by atoms with E-state index < -0.39 is 0 Å². The molecule has 2 aliphatic rings. The number of hydrogen-bond acceptors (Lipinski definition) is 0. The summed E-state index contributed by atoms with van der Waals surface area (Å²) in [6.45, 7) is 2.12. The van der Waals surface area contributed by atoms with E-state index in [-0.39, 0.29) is 24.8 Å². The van der Waals surface area contributed by atoms with Gasteiger partial charge in [-0.25, -0.2) is 24.3 Å². The Kier molecular flexibility index (Phi) is 16.9. The predicted molar refractivity (Wildman–Crippen MR) is 94.0 cm³/mol. The van der Waals surface area contributed by atoms with Crippen molar-refractivity contribution in [3.63, 3.8) is 0 Å². The van der Waals surface area contributed by atoms with Gasteiger partial charge in [0.2, 0.25) is 0 Å². The van der Waals surface area contributed by atoms with Crippen LogP contribution in [0.15, 0.2) is 60.7 Å². The first-order chi connectivity index (χ1) is 9.34. The van der Waals surface area contributed by atoms with Gasteiger partial charge in [0.25, 0.3) is 0 Å². The summed E-state index contributed by atoms with van der Waals surface area (Å²) in [5.41, 5.74) is 2.68. The molecule has 0 amide bonds. The molecule has 1 aromatic carbocycles. The van der Waals surface area contributed by atoms with Crippen molar-refractivity contribution in [2.75, 3.05) is 0 Å². The third-order valence-electron chi connectivity index (χ3n) is 2.52. The average molecular weight is 355 g/mol. The fraction of sp³-hybridized carbons (Fsp3) is 0.167. The summed E-state index contributed by atoms with van der Waals surface area (Å²) < 4.78 is 2.12. The Morgan fingerprint density at radius 2 is 1.48 bits per heavy atom. The molecule has 0 radical (unpaired) electrons. The topological polar surface area (TPSA) is 0 Å². The van der Waals surface area contributed by atoms with Crippen LogP contribution in [0.25, 0.3) is 0 Å². The van der Waals surface area contributed by atoms with Crippen molar-refractivity contribution in [3.8, 4) is 0 Å². The van der Waals surface area contributed by atoms with E-state index in [2.05, 4.69) is 79.8 Å². The number of hydrogen-bond donors (Lipinski definition) is 0. The minimum absolute atomic E-state index is 0. The maximum absolute atomic E-state index is 2.99. The van der Waals surface area contributed by atoms with Crippen molar-refractivity contribution in [1.82, 2.24) is 0 Å². The summed E-state index contributed by atoms with van der Waals surface area (Å²) in [5.74, 6) is 0. The number of rotatable bonds is 1. The molecule has 0 aliphatic heterocycles. The van der Waals surface area contributed by atoms with Crippen molar-refractivity contribution >= 4 is 29.1 Å². The molecule has 0 N–H and O–H groups in total. The summed E-state index contributed by atoms with van der Waals surface area (Å²) >= 11 is 2.06. The number of benzene rings is 1. The van der Waals surface area contributed by atoms with Crippen molar-refractivity contribution in [2.24, 2.45) is 0 Å². The Bertz CT molecular complexity index is 458. The molecule has 0 saturated carbocycles. The molecule has 3 heteroatoms. The molecule has 0 heterocycles. The molecular formula is C18H20Cl2Ti. The first kappa shape index (κ1) is 22.6. The van der Waals surface area contributed by atoms with Crippen molar-refractivity contribution in [3.05, 3.63) is 84.0 Å². The molecule has 0 fully saturated rings. The largest absolute Gasteiger partial charge is 0.273 e. The molecule has 0 spiro atoms. The smallest absolute Gasteiger partial charge is 0.109 e. The van der Waals surface area contributed by atoms with Crippen LogP contribution in [0.4, 0.5) is 0 Å². The second-order valence-electron chi connectivity index (χ2n) is 4.01. The summed E-state index contributed by atoms with van der Waals surface area (Å²) in [5, 5.41) is 0. The Hall–Kier alpha value is -0.656. The number of halogens is 2. The van der Waals surface area contributed by atoms with E-state index in [1.807, 2.05) is 24.3 Å². The van der Waals surface area contributed by atoms with Gasteiger partial charge in [0.1, 0.15) is 0 Å². The molecule has 0 saturated heterocycles. The SMILES string of the molecule is Cc1ccccc1[CH]=[Ti+2].Cl.Cl.[C-]1=CC=CC1.[C-]1=CC=CC1. The molecule has 0 bridgehead atoms. The van der Waals surface area contributed by atoms with Gasteiger partial charge in [0, 0.05) is 0 Å². The first-order valence-corrected chi connectivity index (χ1v) is 7.24. The molecule has 0 atom stereocenters. The van der Waals surface area contributed by atoms with Crippen LogP contribution >= 0.6 is 24.8 Å². The van der Waals surface area contributed by atoms with Gasteiger partial charge in [-0.2, -0.15) is 12.2 Å². The van der Waals surface area contributed by atoms with Crippen LogP contribution in [0.3, 0.4) is 0 Å². The molecule has 2 aliphatic carbocycles. The molecular weight excluding hydrogens is 335 g/mol. The van der Waals surface area contributed by atoms with Gasteiger partial charge >= 0.3 is 66.6 Å². The maximum atomic E-state index is 2.99. The van der Waals surface area contributed by atoms with Gasteiger partial charge < -0.3 is 0 Å². The molecule has 3 rings (SSSR count). The van der Waals surface area contributed by atoms with E-state index in [0.29, 0.717) is 0 Å². The monoisotopic (exact) mass is 354 g/mol. The third-order valence-corrected chi connectivity index (χ3v) is 3.00.